The summed E-state index contributed by atoms with van der Waals surface area (Å²) in [4.78, 5) is 11.7. The molecule has 0 aliphatic rings. The lowest BCUT2D eigenvalue weighted by atomic mass is 10.1. The van der Waals surface area contributed by atoms with E-state index < -0.39 is 11.7 Å². The number of benzene rings is 1. The number of hydrogen-bond donors (Lipinski definition) is 1. The van der Waals surface area contributed by atoms with Gasteiger partial charge in [0.1, 0.15) is 0 Å². The number of rotatable bonds is 5. The lowest BCUT2D eigenvalue weighted by molar-refractivity contribution is -0.138. The number of carbonyl (C=O) groups is 1. The van der Waals surface area contributed by atoms with Gasteiger partial charge in [0, 0.05) is 25.7 Å². The lowest BCUT2D eigenvalue weighted by Crippen LogP contribution is -2.25. The van der Waals surface area contributed by atoms with Crippen molar-refractivity contribution in [3.8, 4) is 0 Å². The first-order chi connectivity index (χ1) is 10.4. The lowest BCUT2D eigenvalue weighted by Gasteiger charge is -2.13. The van der Waals surface area contributed by atoms with Gasteiger partial charge >= 0.3 is 6.18 Å². The Morgan fingerprint density at radius 3 is 2.68 bits per heavy atom. The molecular formula is C14H13ClF3N3O. The highest BCUT2D eigenvalue weighted by Gasteiger charge is 2.32. The second-order valence-corrected chi connectivity index (χ2v) is 5.04. The Morgan fingerprint density at radius 2 is 2.05 bits per heavy atom. The number of halogens is 4. The van der Waals surface area contributed by atoms with Gasteiger partial charge in [-0.3, -0.25) is 9.48 Å². The Morgan fingerprint density at radius 1 is 1.32 bits per heavy atom. The summed E-state index contributed by atoms with van der Waals surface area (Å²) < 4.78 is 39.9. The number of nitrogens with zero attached hydrogens (tertiary/aromatic N) is 2. The number of aromatic nitrogens is 2. The van der Waals surface area contributed by atoms with Gasteiger partial charge in [0.25, 0.3) is 0 Å². The average molecular weight is 332 g/mol. The van der Waals surface area contributed by atoms with Crippen molar-refractivity contribution in [3.05, 3.63) is 52.8 Å². The molecule has 0 unspecified atom stereocenters. The van der Waals surface area contributed by atoms with Crippen LogP contribution in [0.4, 0.5) is 13.2 Å². The van der Waals surface area contributed by atoms with E-state index >= 15 is 0 Å². The molecule has 118 valence electrons. The molecule has 1 amide bonds. The molecule has 0 spiro atoms. The fraction of sp³-hybridized carbons (Fsp3) is 0.286. The van der Waals surface area contributed by atoms with Gasteiger partial charge in [-0.1, -0.05) is 29.8 Å². The Hall–Kier alpha value is -2.02. The van der Waals surface area contributed by atoms with Crippen molar-refractivity contribution in [1.29, 1.82) is 0 Å². The maximum Gasteiger partial charge on any atom is 0.416 e. The molecule has 0 saturated carbocycles. The van der Waals surface area contributed by atoms with E-state index in [0.29, 0.717) is 11.6 Å². The summed E-state index contributed by atoms with van der Waals surface area (Å²) in [5.41, 5.74) is -0.709. The highest BCUT2D eigenvalue weighted by Crippen LogP contribution is 2.31. The van der Waals surface area contributed by atoms with E-state index in [0.717, 1.165) is 6.07 Å². The predicted molar refractivity (Wildman–Crippen MR) is 75.1 cm³/mol. The number of carbonyl (C=O) groups excluding carboxylic acids is 1. The summed E-state index contributed by atoms with van der Waals surface area (Å²) in [5, 5.41) is 6.84. The third-order valence-corrected chi connectivity index (χ3v) is 3.16. The van der Waals surface area contributed by atoms with Gasteiger partial charge in [0.05, 0.1) is 16.8 Å². The van der Waals surface area contributed by atoms with Crippen LogP contribution < -0.4 is 5.32 Å². The molecule has 1 aromatic heterocycles. The second-order valence-electron chi connectivity index (χ2n) is 4.60. The maximum absolute atomic E-state index is 12.8. The Kier molecular flexibility index (Phi) is 5.07. The predicted octanol–water partition coefficient (Wildman–Crippen LogP) is 3.26. The van der Waals surface area contributed by atoms with Crippen molar-refractivity contribution in [2.75, 3.05) is 0 Å². The molecule has 4 nitrogen and oxygen atoms in total. The fourth-order valence-corrected chi connectivity index (χ4v) is 2.07. The van der Waals surface area contributed by atoms with Crippen molar-refractivity contribution >= 4 is 17.5 Å². The normalized spacial score (nSPS) is 11.5. The zero-order chi connectivity index (χ0) is 16.2. The Bertz CT molecular complexity index is 655. The SMILES string of the molecule is O=C(CCn1cc(Cl)cn1)NCc1ccccc1C(F)(F)F. The molecule has 8 heteroatoms. The topological polar surface area (TPSA) is 46.9 Å². The van der Waals surface area contributed by atoms with Crippen molar-refractivity contribution in [2.24, 2.45) is 0 Å². The van der Waals surface area contributed by atoms with Crippen molar-refractivity contribution in [2.45, 2.75) is 25.7 Å². The molecule has 0 fully saturated rings. The Balaban J connectivity index is 1.89. The summed E-state index contributed by atoms with van der Waals surface area (Å²) in [5.74, 6) is -0.358. The summed E-state index contributed by atoms with van der Waals surface area (Å²) in [7, 11) is 0. The fourth-order valence-electron chi connectivity index (χ4n) is 1.91. The summed E-state index contributed by atoms with van der Waals surface area (Å²) in [6, 6.07) is 5.15. The van der Waals surface area contributed by atoms with Gasteiger partial charge in [-0.2, -0.15) is 18.3 Å². The Labute approximate surface area is 129 Å². The van der Waals surface area contributed by atoms with Crippen LogP contribution in [0.3, 0.4) is 0 Å². The quantitative estimate of drug-likeness (QED) is 0.914. The van der Waals surface area contributed by atoms with Crippen LogP contribution >= 0.6 is 11.6 Å². The van der Waals surface area contributed by atoms with Crippen LogP contribution in [-0.4, -0.2) is 15.7 Å². The average Bonchev–Trinajstić information content (AvgIpc) is 2.88. The van der Waals surface area contributed by atoms with Gasteiger partial charge in [0.2, 0.25) is 5.91 Å². The molecular weight excluding hydrogens is 319 g/mol. The molecule has 2 aromatic rings. The molecule has 1 N–H and O–H groups in total. The van der Waals surface area contributed by atoms with Gasteiger partial charge in [-0.25, -0.2) is 0 Å². The molecule has 0 radical (unpaired) electrons. The third kappa shape index (κ3) is 4.49. The monoisotopic (exact) mass is 331 g/mol. The summed E-state index contributed by atoms with van der Waals surface area (Å²) in [6.45, 7) is 0.133. The van der Waals surface area contributed by atoms with Gasteiger partial charge in [-0.05, 0) is 11.6 Å². The first kappa shape index (κ1) is 16.4. The number of hydrogen-bond acceptors (Lipinski definition) is 2. The number of alkyl halides is 3. The van der Waals surface area contributed by atoms with E-state index in [1.807, 2.05) is 0 Å². The van der Waals surface area contributed by atoms with Crippen LogP contribution in [0.1, 0.15) is 17.5 Å². The van der Waals surface area contributed by atoms with E-state index in [1.54, 1.807) is 6.20 Å². The van der Waals surface area contributed by atoms with Crippen LogP contribution in [-0.2, 0) is 24.1 Å². The minimum atomic E-state index is -4.44. The zero-order valence-corrected chi connectivity index (χ0v) is 12.2. The molecule has 0 aliphatic heterocycles. The largest absolute Gasteiger partial charge is 0.416 e. The van der Waals surface area contributed by atoms with Crippen molar-refractivity contribution < 1.29 is 18.0 Å². The van der Waals surface area contributed by atoms with Crippen molar-refractivity contribution in [3.63, 3.8) is 0 Å². The van der Waals surface area contributed by atoms with Crippen molar-refractivity contribution in [1.82, 2.24) is 15.1 Å². The van der Waals surface area contributed by atoms with Crippen LogP contribution in [0.5, 0.6) is 0 Å². The number of aryl methyl sites for hydroxylation is 1. The first-order valence-electron chi connectivity index (χ1n) is 6.46. The van der Waals surface area contributed by atoms with Gasteiger partial charge < -0.3 is 5.32 Å². The number of amides is 1. The van der Waals surface area contributed by atoms with E-state index in [-0.39, 0.29) is 24.4 Å². The van der Waals surface area contributed by atoms with Crippen LogP contribution in [0, 0.1) is 0 Å². The standard InChI is InChI=1S/C14H13ClF3N3O/c15-11-8-20-21(9-11)6-5-13(22)19-7-10-3-1-2-4-12(10)14(16,17)18/h1-4,8-9H,5-7H2,(H,19,22). The third-order valence-electron chi connectivity index (χ3n) is 2.97. The number of nitrogens with one attached hydrogen (secondary N) is 1. The van der Waals surface area contributed by atoms with Gasteiger partial charge in [0.15, 0.2) is 0 Å². The second kappa shape index (κ2) is 6.83. The van der Waals surface area contributed by atoms with Crippen LogP contribution in [0.2, 0.25) is 5.02 Å². The van der Waals surface area contributed by atoms with Crippen LogP contribution in [0.15, 0.2) is 36.7 Å². The summed E-state index contributed by atoms with van der Waals surface area (Å²) in [6.07, 6.45) is -1.33. The minimum absolute atomic E-state index is 0.0329. The van der Waals surface area contributed by atoms with E-state index in [1.165, 1.54) is 29.1 Å². The zero-order valence-electron chi connectivity index (χ0n) is 11.4. The van der Waals surface area contributed by atoms with E-state index in [9.17, 15) is 18.0 Å². The van der Waals surface area contributed by atoms with Gasteiger partial charge in [-0.15, -0.1) is 0 Å². The molecule has 0 atom stereocenters. The van der Waals surface area contributed by atoms with Crippen LogP contribution in [0.25, 0.3) is 0 Å². The van der Waals surface area contributed by atoms with E-state index in [4.69, 9.17) is 11.6 Å². The molecule has 0 bridgehead atoms. The van der Waals surface area contributed by atoms with E-state index in [2.05, 4.69) is 10.4 Å². The first-order valence-corrected chi connectivity index (χ1v) is 6.84. The molecule has 0 saturated heterocycles. The highest BCUT2D eigenvalue weighted by atomic mass is 35.5. The molecule has 1 aromatic carbocycles. The molecule has 22 heavy (non-hydrogen) atoms. The smallest absolute Gasteiger partial charge is 0.352 e. The maximum atomic E-state index is 12.8. The summed E-state index contributed by atoms with van der Waals surface area (Å²) >= 11 is 5.69. The molecule has 0 aliphatic carbocycles. The highest BCUT2D eigenvalue weighted by molar-refractivity contribution is 6.30. The minimum Gasteiger partial charge on any atom is -0.352 e. The molecule has 1 heterocycles. The molecule has 2 rings (SSSR count).